The Bertz CT molecular complexity index is 2020. The van der Waals surface area contributed by atoms with Crippen molar-refractivity contribution in [2.24, 2.45) is 42.6 Å². The van der Waals surface area contributed by atoms with E-state index in [4.69, 9.17) is 10.4 Å². The van der Waals surface area contributed by atoms with Gasteiger partial charge in [0.05, 0.1) is 0 Å². The first-order chi connectivity index (χ1) is 29.3. The average molecular weight is 894 g/mol. The number of aryl methyl sites for hydroxylation is 1. The molecule has 7 heterocycles. The maximum atomic E-state index is 10.8. The minimum Gasteiger partial charge on any atom is -0.356 e. The summed E-state index contributed by atoms with van der Waals surface area (Å²) in [6.07, 6.45) is 6.13. The summed E-state index contributed by atoms with van der Waals surface area (Å²) in [6, 6.07) is 0.551. The van der Waals surface area contributed by atoms with E-state index in [0.29, 0.717) is 25.7 Å². The van der Waals surface area contributed by atoms with E-state index < -0.39 is 47.4 Å². The molecular weight excluding hydrogens is 838 g/mol. The van der Waals surface area contributed by atoms with Gasteiger partial charge in [0.15, 0.2) is 0 Å². The molecule has 6 saturated heterocycles. The number of carbonyl (C=O) groups is 12. The van der Waals surface area contributed by atoms with Crippen molar-refractivity contribution in [3.63, 3.8) is 0 Å². The second-order valence-electron chi connectivity index (χ2n) is 15.1. The van der Waals surface area contributed by atoms with Crippen LogP contribution in [0.2, 0.25) is 0 Å². The Morgan fingerprint density at radius 1 is 0.540 bits per heavy atom. The number of rotatable bonds is 0. The highest BCUT2D eigenvalue weighted by molar-refractivity contribution is 6.15. The van der Waals surface area contributed by atoms with E-state index >= 15 is 0 Å². The number of piperidine rings is 3. The fraction of sp³-hybridized carbons (Fsp3) is 0.579. The largest absolute Gasteiger partial charge is 0.356 e. The SMILES string of the molecule is CC1C(=O)NC(=O)NC1=O.CC1CC(=O)N(O)C1=O.CC1CC(=O)NC1=O.CC1CCC(=O)N(O)C1=O.CC1CCC(=O)NC1=O.CC1CCCNC1=O.Cn1ccc(=O)[nH]c1=O. The summed E-state index contributed by atoms with van der Waals surface area (Å²) in [5, 5.41) is 28.9. The van der Waals surface area contributed by atoms with Crippen LogP contribution in [-0.2, 0) is 59.8 Å². The quantitative estimate of drug-likeness (QED) is 0.0814. The van der Waals surface area contributed by atoms with Gasteiger partial charge in [-0.2, -0.15) is 10.1 Å². The van der Waals surface area contributed by atoms with Gasteiger partial charge < -0.3 is 9.88 Å². The van der Waals surface area contributed by atoms with Crippen molar-refractivity contribution in [3.05, 3.63) is 33.1 Å². The lowest BCUT2D eigenvalue weighted by Crippen LogP contribution is -2.54. The molecule has 7 rings (SSSR count). The molecule has 5 unspecified atom stereocenters. The molecule has 63 heavy (non-hydrogen) atoms. The van der Waals surface area contributed by atoms with Crippen LogP contribution < -0.4 is 37.8 Å². The predicted octanol–water partition coefficient (Wildman–Crippen LogP) is -1.75. The van der Waals surface area contributed by atoms with Crippen LogP contribution in [0.3, 0.4) is 0 Å². The molecular formula is C38H55N9O16. The van der Waals surface area contributed by atoms with Gasteiger partial charge in [-0.05, 0) is 32.6 Å². The van der Waals surface area contributed by atoms with E-state index in [1.54, 1.807) is 27.8 Å². The average Bonchev–Trinajstić information content (AvgIpc) is 3.64. The lowest BCUT2D eigenvalue weighted by Gasteiger charge is -2.22. The molecule has 348 valence electrons. The summed E-state index contributed by atoms with van der Waals surface area (Å²) in [5.74, 6) is -4.61. The van der Waals surface area contributed by atoms with Crippen LogP contribution in [0.1, 0.15) is 92.9 Å². The maximum absolute atomic E-state index is 10.8. The molecule has 13 amide bonds. The van der Waals surface area contributed by atoms with E-state index in [1.807, 2.05) is 24.5 Å². The first kappa shape index (κ1) is 54.3. The Labute approximate surface area is 360 Å². The van der Waals surface area contributed by atoms with Crippen LogP contribution in [0, 0.1) is 35.5 Å². The molecule has 6 aliphatic rings. The molecule has 0 saturated carbocycles. The standard InChI is InChI=1S/C6H9NO3.C6H9NO2.C6H11NO.C5H6N2O3.C5H6N2O2.C5H7NO3.C5H7NO2/c1-4-2-3-5(8)7(10)6(4)9;1-4-2-3-5(8)7-6(4)9;1-5-3-2-4-7-6(5)8;1-2-3(8)6-5(10)7-4(2)9;1-7-3-2-4(8)6-5(7)9;1-3-2-4(7)6(9)5(3)8;1-3-2-4(7)6-5(3)8/h4,10H,2-3H2,1H3;4H,2-3H2,1H3,(H,7,8,9);5H,2-4H2,1H3,(H,7,8);2H,1H3,(H2,6,7,8,9,10);2-3H,1H3,(H,6,8,9);3,9H,2H2,1H3;3H,2H2,1H3,(H,6,7,8). The highest BCUT2D eigenvalue weighted by atomic mass is 16.5. The van der Waals surface area contributed by atoms with E-state index in [9.17, 15) is 67.1 Å². The van der Waals surface area contributed by atoms with Crippen LogP contribution in [-0.4, -0.2) is 108 Å². The van der Waals surface area contributed by atoms with E-state index in [2.05, 4.69) is 20.9 Å². The molecule has 1 aromatic rings. The van der Waals surface area contributed by atoms with Gasteiger partial charge in [0.25, 0.3) is 29.2 Å². The molecule has 0 bridgehead atoms. The van der Waals surface area contributed by atoms with Gasteiger partial charge in [-0.1, -0.05) is 34.6 Å². The summed E-state index contributed by atoms with van der Waals surface area (Å²) < 4.78 is 1.29. The fourth-order valence-corrected chi connectivity index (χ4v) is 5.15. The van der Waals surface area contributed by atoms with Gasteiger partial charge in [-0.25, -0.2) is 9.59 Å². The second kappa shape index (κ2) is 25.9. The second-order valence-corrected chi connectivity index (χ2v) is 15.1. The lowest BCUT2D eigenvalue weighted by molar-refractivity contribution is -0.186. The van der Waals surface area contributed by atoms with Gasteiger partial charge in [-0.15, -0.1) is 0 Å². The molecule has 6 fully saturated rings. The molecule has 0 spiro atoms. The van der Waals surface area contributed by atoms with Gasteiger partial charge in [0.1, 0.15) is 5.92 Å². The molecule has 1 aromatic heterocycles. The Kier molecular flexibility index (Phi) is 22.3. The number of urea groups is 1. The molecule has 0 aromatic carbocycles. The molecule has 0 radical (unpaired) electrons. The number of hydrogen-bond donors (Lipinski definition) is 8. The molecule has 0 aliphatic carbocycles. The smallest absolute Gasteiger partial charge is 0.328 e. The van der Waals surface area contributed by atoms with Gasteiger partial charge in [-0.3, -0.25) is 94.2 Å². The van der Waals surface area contributed by atoms with Crippen LogP contribution in [0.15, 0.2) is 21.9 Å². The van der Waals surface area contributed by atoms with E-state index in [-0.39, 0.29) is 93.3 Å². The summed E-state index contributed by atoms with van der Waals surface area (Å²) in [7, 11) is 1.57. The number of imide groups is 6. The molecule has 5 atom stereocenters. The zero-order valence-corrected chi connectivity index (χ0v) is 35.9. The molecule has 25 heteroatoms. The number of aromatic nitrogens is 2. The van der Waals surface area contributed by atoms with Gasteiger partial charge in [0, 0.05) is 81.1 Å². The number of aromatic amines is 1. The number of hydrogen-bond acceptors (Lipinski definition) is 16. The third-order valence-electron chi connectivity index (χ3n) is 9.54. The number of nitrogens with one attached hydrogen (secondary N) is 6. The first-order valence-electron chi connectivity index (χ1n) is 19.7. The van der Waals surface area contributed by atoms with Crippen molar-refractivity contribution in [2.75, 3.05) is 6.54 Å². The maximum Gasteiger partial charge on any atom is 0.328 e. The van der Waals surface area contributed by atoms with Crippen molar-refractivity contribution < 1.29 is 67.9 Å². The number of hydroxylamine groups is 4. The fourth-order valence-electron chi connectivity index (χ4n) is 5.15. The third-order valence-corrected chi connectivity index (χ3v) is 9.54. The van der Waals surface area contributed by atoms with Gasteiger partial charge in [0.2, 0.25) is 41.4 Å². The Hall–Kier alpha value is -6.76. The predicted molar refractivity (Wildman–Crippen MR) is 212 cm³/mol. The van der Waals surface area contributed by atoms with Crippen molar-refractivity contribution >= 4 is 71.0 Å². The highest BCUT2D eigenvalue weighted by Crippen LogP contribution is 2.17. The Balaban J connectivity index is 0.000000368. The minimum atomic E-state index is -0.766. The number of H-pyrrole nitrogens is 1. The van der Waals surface area contributed by atoms with E-state index in [1.165, 1.54) is 23.8 Å². The van der Waals surface area contributed by atoms with Gasteiger partial charge >= 0.3 is 11.7 Å². The minimum absolute atomic E-state index is 0.0164. The van der Waals surface area contributed by atoms with Crippen molar-refractivity contribution in [3.8, 4) is 0 Å². The van der Waals surface area contributed by atoms with Crippen molar-refractivity contribution in [1.29, 1.82) is 0 Å². The molecule has 25 nitrogen and oxygen atoms in total. The monoisotopic (exact) mass is 893 g/mol. The van der Waals surface area contributed by atoms with Crippen molar-refractivity contribution in [1.82, 2.24) is 46.3 Å². The Morgan fingerprint density at radius 2 is 1.05 bits per heavy atom. The number of barbiturate groups is 1. The normalized spacial score (nSPS) is 24.2. The first-order valence-corrected chi connectivity index (χ1v) is 19.7. The summed E-state index contributed by atoms with van der Waals surface area (Å²) >= 11 is 0. The summed E-state index contributed by atoms with van der Waals surface area (Å²) in [5.41, 5.74) is -0.749. The number of carbonyl (C=O) groups excluding carboxylic acids is 12. The van der Waals surface area contributed by atoms with E-state index in [0.717, 1.165) is 19.4 Å². The third kappa shape index (κ3) is 18.8. The van der Waals surface area contributed by atoms with Crippen molar-refractivity contribution in [2.45, 2.75) is 92.9 Å². The van der Waals surface area contributed by atoms with Crippen LogP contribution in [0.5, 0.6) is 0 Å². The zero-order valence-electron chi connectivity index (χ0n) is 35.9. The zero-order chi connectivity index (χ0) is 48.3. The highest BCUT2D eigenvalue weighted by Gasteiger charge is 2.35. The number of nitrogens with zero attached hydrogens (tertiary/aromatic N) is 3. The lowest BCUT2D eigenvalue weighted by atomic mass is 10.0. The molecule has 8 N–H and O–H groups in total. The number of amides is 13. The van der Waals surface area contributed by atoms with Crippen LogP contribution in [0.25, 0.3) is 0 Å². The summed E-state index contributed by atoms with van der Waals surface area (Å²) in [4.78, 5) is 150. The summed E-state index contributed by atoms with van der Waals surface area (Å²) in [6.45, 7) is 11.1. The van der Waals surface area contributed by atoms with Crippen LogP contribution >= 0.6 is 0 Å². The topological polar surface area (TPSA) is 367 Å². The Morgan fingerprint density at radius 3 is 1.40 bits per heavy atom. The molecule has 6 aliphatic heterocycles. The van der Waals surface area contributed by atoms with Crippen LogP contribution in [0.4, 0.5) is 4.79 Å².